The van der Waals surface area contributed by atoms with E-state index in [-0.39, 0.29) is 0 Å². The molecule has 4 nitrogen and oxygen atoms in total. The minimum atomic E-state index is 0.420. The summed E-state index contributed by atoms with van der Waals surface area (Å²) >= 11 is 0. The zero-order valence-corrected chi connectivity index (χ0v) is 12.1. The first-order valence-corrected chi connectivity index (χ1v) is 6.68. The van der Waals surface area contributed by atoms with E-state index in [9.17, 15) is 0 Å². The van der Waals surface area contributed by atoms with E-state index >= 15 is 0 Å². The Morgan fingerprint density at radius 2 is 1.80 bits per heavy atom. The molecule has 0 aliphatic heterocycles. The molecule has 0 aliphatic carbocycles. The maximum absolute atomic E-state index is 5.83. The van der Waals surface area contributed by atoms with Gasteiger partial charge >= 0.3 is 0 Å². The Balaban J connectivity index is 2.11. The van der Waals surface area contributed by atoms with E-state index in [0.717, 1.165) is 23.6 Å². The minimum Gasteiger partial charge on any atom is -0.497 e. The average Bonchev–Trinajstić information content (AvgIpc) is 2.47. The maximum Gasteiger partial charge on any atom is 0.223 e. The first-order valence-electron chi connectivity index (χ1n) is 6.68. The van der Waals surface area contributed by atoms with Crippen molar-refractivity contribution in [3.63, 3.8) is 0 Å². The normalized spacial score (nSPS) is 10.6. The standard InChI is InChI=1S/C16H20N2O2/c1-12(2)18-11-13-5-4-10-17-16(13)20-15-8-6-14(19-3)7-9-15/h4-10,12,18H,11H2,1-3H3. The highest BCUT2D eigenvalue weighted by Crippen LogP contribution is 2.24. The fourth-order valence-electron chi connectivity index (χ4n) is 1.72. The fourth-order valence-corrected chi connectivity index (χ4v) is 1.72. The lowest BCUT2D eigenvalue weighted by Gasteiger charge is -2.12. The van der Waals surface area contributed by atoms with E-state index in [1.54, 1.807) is 13.3 Å². The van der Waals surface area contributed by atoms with Crippen LogP contribution in [0, 0.1) is 0 Å². The van der Waals surface area contributed by atoms with Crippen molar-refractivity contribution in [1.82, 2.24) is 10.3 Å². The van der Waals surface area contributed by atoms with Crippen LogP contribution in [0.15, 0.2) is 42.6 Å². The van der Waals surface area contributed by atoms with Gasteiger partial charge in [-0.05, 0) is 30.3 Å². The van der Waals surface area contributed by atoms with Crippen LogP contribution in [0.4, 0.5) is 0 Å². The third-order valence-electron chi connectivity index (χ3n) is 2.82. The highest BCUT2D eigenvalue weighted by molar-refractivity contribution is 5.35. The van der Waals surface area contributed by atoms with Gasteiger partial charge in [-0.3, -0.25) is 0 Å². The highest BCUT2D eigenvalue weighted by Gasteiger charge is 2.06. The van der Waals surface area contributed by atoms with Crippen molar-refractivity contribution in [3.05, 3.63) is 48.2 Å². The van der Waals surface area contributed by atoms with Gasteiger partial charge in [-0.1, -0.05) is 19.9 Å². The van der Waals surface area contributed by atoms with E-state index in [2.05, 4.69) is 24.1 Å². The molecule has 2 aromatic rings. The number of pyridine rings is 1. The lowest BCUT2D eigenvalue weighted by atomic mass is 10.2. The quantitative estimate of drug-likeness (QED) is 0.875. The van der Waals surface area contributed by atoms with Crippen molar-refractivity contribution in [2.45, 2.75) is 26.4 Å². The molecule has 0 saturated heterocycles. The summed E-state index contributed by atoms with van der Waals surface area (Å²) in [6.07, 6.45) is 1.73. The molecule has 0 atom stereocenters. The summed E-state index contributed by atoms with van der Waals surface area (Å²) in [6.45, 7) is 4.96. The van der Waals surface area contributed by atoms with Crippen molar-refractivity contribution < 1.29 is 9.47 Å². The molecular formula is C16H20N2O2. The Hall–Kier alpha value is -2.07. The highest BCUT2D eigenvalue weighted by atomic mass is 16.5. The van der Waals surface area contributed by atoms with Crippen LogP contribution in [0.2, 0.25) is 0 Å². The van der Waals surface area contributed by atoms with E-state index < -0.39 is 0 Å². The predicted molar refractivity (Wildman–Crippen MR) is 79.3 cm³/mol. The van der Waals surface area contributed by atoms with Gasteiger partial charge in [-0.15, -0.1) is 0 Å². The van der Waals surface area contributed by atoms with E-state index in [1.165, 1.54) is 0 Å². The molecule has 0 radical (unpaired) electrons. The number of hydrogen-bond donors (Lipinski definition) is 1. The molecule has 20 heavy (non-hydrogen) atoms. The summed E-state index contributed by atoms with van der Waals surface area (Å²) in [5.74, 6) is 2.18. The maximum atomic E-state index is 5.83. The monoisotopic (exact) mass is 272 g/mol. The van der Waals surface area contributed by atoms with Gasteiger partial charge in [0.15, 0.2) is 0 Å². The third-order valence-corrected chi connectivity index (χ3v) is 2.82. The molecule has 0 amide bonds. The van der Waals surface area contributed by atoms with Crippen LogP contribution in [-0.2, 0) is 6.54 Å². The molecule has 0 bridgehead atoms. The number of hydrogen-bond acceptors (Lipinski definition) is 4. The van der Waals surface area contributed by atoms with Gasteiger partial charge in [0.05, 0.1) is 7.11 Å². The Morgan fingerprint density at radius 1 is 1.10 bits per heavy atom. The Labute approximate surface area is 119 Å². The van der Waals surface area contributed by atoms with Gasteiger partial charge in [0.1, 0.15) is 11.5 Å². The van der Waals surface area contributed by atoms with Gasteiger partial charge in [0.25, 0.3) is 0 Å². The van der Waals surface area contributed by atoms with Crippen LogP contribution in [0.5, 0.6) is 17.4 Å². The first kappa shape index (κ1) is 14.3. The van der Waals surface area contributed by atoms with Crippen LogP contribution in [-0.4, -0.2) is 18.1 Å². The fraction of sp³-hybridized carbons (Fsp3) is 0.312. The van der Waals surface area contributed by atoms with Crippen LogP contribution in [0.25, 0.3) is 0 Å². The minimum absolute atomic E-state index is 0.420. The Bertz CT molecular complexity index is 538. The molecule has 1 aromatic carbocycles. The number of rotatable bonds is 6. The van der Waals surface area contributed by atoms with Crippen LogP contribution < -0.4 is 14.8 Å². The molecule has 1 aromatic heterocycles. The number of aromatic nitrogens is 1. The summed E-state index contributed by atoms with van der Waals surface area (Å²) in [5, 5.41) is 3.37. The zero-order chi connectivity index (χ0) is 14.4. The zero-order valence-electron chi connectivity index (χ0n) is 12.1. The van der Waals surface area contributed by atoms with Crippen molar-refractivity contribution in [2.24, 2.45) is 0 Å². The molecule has 4 heteroatoms. The summed E-state index contributed by atoms with van der Waals surface area (Å²) in [5.41, 5.74) is 1.04. The molecule has 0 unspecified atom stereocenters. The Kier molecular flexibility index (Phi) is 4.96. The third kappa shape index (κ3) is 3.96. The summed E-state index contributed by atoms with van der Waals surface area (Å²) in [6, 6.07) is 11.8. The average molecular weight is 272 g/mol. The van der Waals surface area contributed by atoms with Crippen molar-refractivity contribution >= 4 is 0 Å². The lowest BCUT2D eigenvalue weighted by Crippen LogP contribution is -2.22. The van der Waals surface area contributed by atoms with Gasteiger partial charge in [0.2, 0.25) is 5.88 Å². The molecule has 2 rings (SSSR count). The molecule has 0 aliphatic rings. The van der Waals surface area contributed by atoms with Crippen molar-refractivity contribution in [3.8, 4) is 17.4 Å². The SMILES string of the molecule is COc1ccc(Oc2ncccc2CNC(C)C)cc1. The van der Waals surface area contributed by atoms with Gasteiger partial charge in [-0.25, -0.2) is 4.98 Å². The largest absolute Gasteiger partial charge is 0.497 e. The van der Waals surface area contributed by atoms with Crippen molar-refractivity contribution in [2.75, 3.05) is 7.11 Å². The molecule has 0 fully saturated rings. The molecule has 0 spiro atoms. The van der Waals surface area contributed by atoms with Crippen LogP contribution in [0.3, 0.4) is 0 Å². The number of benzene rings is 1. The van der Waals surface area contributed by atoms with E-state index in [1.807, 2.05) is 36.4 Å². The number of methoxy groups -OCH3 is 1. The molecule has 106 valence electrons. The van der Waals surface area contributed by atoms with E-state index in [4.69, 9.17) is 9.47 Å². The number of nitrogens with one attached hydrogen (secondary N) is 1. The van der Waals surface area contributed by atoms with E-state index in [0.29, 0.717) is 11.9 Å². The topological polar surface area (TPSA) is 43.4 Å². The first-order chi connectivity index (χ1) is 9.69. The molecule has 0 saturated carbocycles. The second-order valence-electron chi connectivity index (χ2n) is 4.78. The van der Waals surface area contributed by atoms with Crippen molar-refractivity contribution in [1.29, 1.82) is 0 Å². The molecular weight excluding hydrogens is 252 g/mol. The number of nitrogens with zero attached hydrogens (tertiary/aromatic N) is 1. The molecule has 1 N–H and O–H groups in total. The molecule has 1 heterocycles. The second kappa shape index (κ2) is 6.91. The summed E-state index contributed by atoms with van der Waals surface area (Å²) < 4.78 is 11.0. The predicted octanol–water partition coefficient (Wildman–Crippen LogP) is 3.38. The summed E-state index contributed by atoms with van der Waals surface area (Å²) in [7, 11) is 1.64. The van der Waals surface area contributed by atoms with Crippen LogP contribution in [0.1, 0.15) is 19.4 Å². The Morgan fingerprint density at radius 3 is 2.45 bits per heavy atom. The second-order valence-corrected chi connectivity index (χ2v) is 4.78. The van der Waals surface area contributed by atoms with Crippen LogP contribution >= 0.6 is 0 Å². The summed E-state index contributed by atoms with van der Waals surface area (Å²) in [4.78, 5) is 4.30. The van der Waals surface area contributed by atoms with Gasteiger partial charge in [-0.2, -0.15) is 0 Å². The number of ether oxygens (including phenoxy) is 2. The van der Waals surface area contributed by atoms with Gasteiger partial charge in [0, 0.05) is 24.3 Å². The smallest absolute Gasteiger partial charge is 0.223 e. The van der Waals surface area contributed by atoms with Gasteiger partial charge < -0.3 is 14.8 Å². The lowest BCUT2D eigenvalue weighted by molar-refractivity contribution is 0.411.